The van der Waals surface area contributed by atoms with Crippen LogP contribution in [0.25, 0.3) is 0 Å². The minimum Gasteiger partial charge on any atom is -0.497 e. The van der Waals surface area contributed by atoms with Crippen molar-refractivity contribution in [2.75, 3.05) is 20.0 Å². The highest BCUT2D eigenvalue weighted by Crippen LogP contribution is 2.35. The molecule has 0 radical (unpaired) electrons. The number of nitrogen functional groups attached to an aromatic ring is 1. The second-order valence-electron chi connectivity index (χ2n) is 3.68. The number of ether oxygens (including phenoxy) is 2. The Morgan fingerprint density at radius 3 is 2.39 bits per heavy atom. The molecule has 2 N–H and O–H groups in total. The van der Waals surface area contributed by atoms with Gasteiger partial charge in [-0.15, -0.1) is 0 Å². The maximum Gasteiger partial charge on any atom is 0.120 e. The summed E-state index contributed by atoms with van der Waals surface area (Å²) in [7, 11) is 3.30. The highest BCUT2D eigenvalue weighted by atomic mass is 32.2. The molecule has 0 saturated carbocycles. The van der Waals surface area contributed by atoms with E-state index >= 15 is 0 Å². The van der Waals surface area contributed by atoms with E-state index in [1.54, 1.807) is 26.0 Å². The third kappa shape index (κ3) is 2.90. The number of hydrogen-bond donors (Lipinski definition) is 1. The molecule has 2 rings (SSSR count). The predicted octanol–water partition coefficient (Wildman–Crippen LogP) is 3.44. The van der Waals surface area contributed by atoms with Gasteiger partial charge in [0.1, 0.15) is 11.5 Å². The molecule has 0 spiro atoms. The van der Waals surface area contributed by atoms with Gasteiger partial charge < -0.3 is 15.2 Å². The molecule has 0 fully saturated rings. The van der Waals surface area contributed by atoms with Gasteiger partial charge in [0.25, 0.3) is 0 Å². The van der Waals surface area contributed by atoms with E-state index in [2.05, 4.69) is 0 Å². The van der Waals surface area contributed by atoms with Gasteiger partial charge in [0.2, 0.25) is 0 Å². The summed E-state index contributed by atoms with van der Waals surface area (Å²) in [6.07, 6.45) is 0. The smallest absolute Gasteiger partial charge is 0.120 e. The number of methoxy groups -OCH3 is 2. The molecular formula is C14H15NO2S. The van der Waals surface area contributed by atoms with Crippen LogP contribution in [0, 0.1) is 0 Å². The normalized spacial score (nSPS) is 10.1. The molecule has 0 aliphatic heterocycles. The van der Waals surface area contributed by atoms with Crippen LogP contribution in [0.5, 0.6) is 11.5 Å². The molecule has 3 nitrogen and oxygen atoms in total. The van der Waals surface area contributed by atoms with Crippen molar-refractivity contribution in [3.8, 4) is 11.5 Å². The predicted molar refractivity (Wildman–Crippen MR) is 74.5 cm³/mol. The van der Waals surface area contributed by atoms with E-state index in [4.69, 9.17) is 15.2 Å². The number of anilines is 1. The van der Waals surface area contributed by atoms with Crippen LogP contribution in [0.15, 0.2) is 52.3 Å². The Labute approximate surface area is 111 Å². The zero-order valence-corrected chi connectivity index (χ0v) is 11.2. The number of benzene rings is 2. The molecule has 2 aromatic rings. The third-order valence-electron chi connectivity index (χ3n) is 2.49. The van der Waals surface area contributed by atoms with E-state index < -0.39 is 0 Å². The highest BCUT2D eigenvalue weighted by molar-refractivity contribution is 7.99. The van der Waals surface area contributed by atoms with E-state index in [9.17, 15) is 0 Å². The molecule has 0 amide bonds. The second-order valence-corrected chi connectivity index (χ2v) is 4.80. The monoisotopic (exact) mass is 261 g/mol. The van der Waals surface area contributed by atoms with Crippen molar-refractivity contribution >= 4 is 17.4 Å². The SMILES string of the molecule is COc1cccc(Sc2cc(OC)ccc2N)c1. The van der Waals surface area contributed by atoms with Crippen LogP contribution >= 0.6 is 11.8 Å². The quantitative estimate of drug-likeness (QED) is 0.856. The topological polar surface area (TPSA) is 44.5 Å². The Bertz CT molecular complexity index is 543. The summed E-state index contributed by atoms with van der Waals surface area (Å²) < 4.78 is 10.4. The van der Waals surface area contributed by atoms with Crippen molar-refractivity contribution in [2.45, 2.75) is 9.79 Å². The first-order valence-corrected chi connectivity index (χ1v) is 6.30. The minimum atomic E-state index is 0.739. The minimum absolute atomic E-state index is 0.739. The largest absolute Gasteiger partial charge is 0.497 e. The van der Waals surface area contributed by atoms with E-state index in [-0.39, 0.29) is 0 Å². The molecule has 0 unspecified atom stereocenters. The van der Waals surface area contributed by atoms with Gasteiger partial charge in [-0.25, -0.2) is 0 Å². The van der Waals surface area contributed by atoms with Gasteiger partial charge in [-0.3, -0.25) is 0 Å². The van der Waals surface area contributed by atoms with E-state index in [0.717, 1.165) is 27.0 Å². The second kappa shape index (κ2) is 5.69. The fraction of sp³-hybridized carbons (Fsp3) is 0.143. The number of rotatable bonds is 4. The van der Waals surface area contributed by atoms with E-state index in [1.807, 2.05) is 42.5 Å². The Kier molecular flexibility index (Phi) is 3.99. The standard InChI is InChI=1S/C14H15NO2S/c1-16-10-4-3-5-12(8-10)18-14-9-11(17-2)6-7-13(14)15/h3-9H,15H2,1-2H3. The van der Waals surface area contributed by atoms with Gasteiger partial charge in [-0.1, -0.05) is 17.8 Å². The zero-order valence-electron chi connectivity index (χ0n) is 10.3. The molecule has 2 aromatic carbocycles. The Morgan fingerprint density at radius 1 is 0.944 bits per heavy atom. The lowest BCUT2D eigenvalue weighted by atomic mass is 10.3. The van der Waals surface area contributed by atoms with Crippen LogP contribution in [-0.2, 0) is 0 Å². The van der Waals surface area contributed by atoms with Gasteiger partial charge in [-0.05, 0) is 36.4 Å². The van der Waals surface area contributed by atoms with Crippen molar-refractivity contribution in [1.29, 1.82) is 0 Å². The van der Waals surface area contributed by atoms with Crippen molar-refractivity contribution in [2.24, 2.45) is 0 Å². The zero-order chi connectivity index (χ0) is 13.0. The average molecular weight is 261 g/mol. The van der Waals surface area contributed by atoms with Gasteiger partial charge >= 0.3 is 0 Å². The van der Waals surface area contributed by atoms with Crippen LogP contribution in [-0.4, -0.2) is 14.2 Å². The van der Waals surface area contributed by atoms with Gasteiger partial charge in [0, 0.05) is 15.5 Å². The van der Waals surface area contributed by atoms with Crippen LogP contribution in [0.3, 0.4) is 0 Å². The van der Waals surface area contributed by atoms with Crippen LogP contribution in [0.1, 0.15) is 0 Å². The Balaban J connectivity index is 2.27. The van der Waals surface area contributed by atoms with E-state index in [1.165, 1.54) is 0 Å². The fourth-order valence-electron chi connectivity index (χ4n) is 1.52. The molecule has 4 heteroatoms. The molecule has 94 valence electrons. The number of hydrogen-bond acceptors (Lipinski definition) is 4. The van der Waals surface area contributed by atoms with Crippen LogP contribution in [0.4, 0.5) is 5.69 Å². The lowest BCUT2D eigenvalue weighted by molar-refractivity contribution is 0.413. The molecule has 0 aliphatic rings. The lowest BCUT2D eigenvalue weighted by Gasteiger charge is -2.08. The van der Waals surface area contributed by atoms with Crippen LogP contribution < -0.4 is 15.2 Å². The summed E-state index contributed by atoms with van der Waals surface area (Å²) >= 11 is 1.59. The molecule has 0 aromatic heterocycles. The third-order valence-corrected chi connectivity index (χ3v) is 3.55. The van der Waals surface area contributed by atoms with Crippen molar-refractivity contribution in [3.05, 3.63) is 42.5 Å². The molecule has 0 atom stereocenters. The summed E-state index contributed by atoms with van der Waals surface area (Å²) in [4.78, 5) is 2.05. The Hall–Kier alpha value is -1.81. The van der Waals surface area contributed by atoms with Crippen molar-refractivity contribution in [1.82, 2.24) is 0 Å². The summed E-state index contributed by atoms with van der Waals surface area (Å²) in [5, 5.41) is 0. The first-order chi connectivity index (χ1) is 8.72. The molecule has 18 heavy (non-hydrogen) atoms. The number of nitrogens with two attached hydrogens (primary N) is 1. The maximum absolute atomic E-state index is 5.95. The molecule has 0 heterocycles. The summed E-state index contributed by atoms with van der Waals surface area (Å²) in [5.41, 5.74) is 6.69. The average Bonchev–Trinajstić information content (AvgIpc) is 2.41. The van der Waals surface area contributed by atoms with E-state index in [0.29, 0.717) is 0 Å². The van der Waals surface area contributed by atoms with Gasteiger partial charge in [0.15, 0.2) is 0 Å². The fourth-order valence-corrected chi connectivity index (χ4v) is 2.46. The summed E-state index contributed by atoms with van der Waals surface area (Å²) in [6, 6.07) is 13.5. The molecule has 0 bridgehead atoms. The maximum atomic E-state index is 5.95. The summed E-state index contributed by atoms with van der Waals surface area (Å²) in [6.45, 7) is 0. The Morgan fingerprint density at radius 2 is 1.67 bits per heavy atom. The molecular weight excluding hydrogens is 246 g/mol. The first kappa shape index (κ1) is 12.6. The highest BCUT2D eigenvalue weighted by Gasteiger charge is 2.05. The summed E-state index contributed by atoms with van der Waals surface area (Å²) in [5.74, 6) is 1.64. The van der Waals surface area contributed by atoms with Crippen molar-refractivity contribution in [3.63, 3.8) is 0 Å². The van der Waals surface area contributed by atoms with Gasteiger partial charge in [0.05, 0.1) is 14.2 Å². The lowest BCUT2D eigenvalue weighted by Crippen LogP contribution is -1.90. The van der Waals surface area contributed by atoms with Crippen molar-refractivity contribution < 1.29 is 9.47 Å². The molecule has 0 aliphatic carbocycles. The first-order valence-electron chi connectivity index (χ1n) is 5.48. The van der Waals surface area contributed by atoms with Gasteiger partial charge in [-0.2, -0.15) is 0 Å². The van der Waals surface area contributed by atoms with Crippen LogP contribution in [0.2, 0.25) is 0 Å². The molecule has 0 saturated heterocycles.